The Morgan fingerprint density at radius 3 is 2.68 bits per heavy atom. The zero-order chi connectivity index (χ0) is 14.1. The molecule has 0 radical (unpaired) electrons. The number of hydrogen-bond donors (Lipinski definition) is 2. The maximum atomic E-state index is 11.6. The van der Waals surface area contributed by atoms with Crippen molar-refractivity contribution in [2.75, 3.05) is 25.1 Å². The van der Waals surface area contributed by atoms with E-state index in [-0.39, 0.29) is 0 Å². The Labute approximate surface area is 120 Å². The van der Waals surface area contributed by atoms with E-state index < -0.39 is 11.8 Å². The molecule has 0 spiro atoms. The highest BCUT2D eigenvalue weighted by Gasteiger charge is 2.13. The molecule has 0 fully saturated rings. The van der Waals surface area contributed by atoms with Gasteiger partial charge in [-0.25, -0.2) is 0 Å². The summed E-state index contributed by atoms with van der Waals surface area (Å²) in [4.78, 5) is 23.1. The average Bonchev–Trinajstić information content (AvgIpc) is 2.41. The normalized spacial score (nSPS) is 10.0. The van der Waals surface area contributed by atoms with Crippen molar-refractivity contribution in [3.05, 3.63) is 28.7 Å². The molecule has 6 heteroatoms. The second-order valence-corrected chi connectivity index (χ2v) is 4.59. The van der Waals surface area contributed by atoms with Crippen LogP contribution >= 0.6 is 15.9 Å². The van der Waals surface area contributed by atoms with E-state index in [9.17, 15) is 9.59 Å². The number of ether oxygens (including phenoxy) is 1. The summed E-state index contributed by atoms with van der Waals surface area (Å²) in [5, 5.41) is 5.07. The van der Waals surface area contributed by atoms with E-state index >= 15 is 0 Å². The third-order valence-electron chi connectivity index (χ3n) is 2.28. The van der Waals surface area contributed by atoms with Gasteiger partial charge in [0.15, 0.2) is 0 Å². The number of nitrogens with one attached hydrogen (secondary N) is 2. The van der Waals surface area contributed by atoms with Gasteiger partial charge in [0.25, 0.3) is 0 Å². The highest BCUT2D eigenvalue weighted by atomic mass is 79.9. The first kappa shape index (κ1) is 15.7. The molecule has 0 atom stereocenters. The summed E-state index contributed by atoms with van der Waals surface area (Å²) in [6.07, 6.45) is 0.682. The third-order valence-corrected chi connectivity index (χ3v) is 2.97. The van der Waals surface area contributed by atoms with Crippen LogP contribution in [0.2, 0.25) is 0 Å². The van der Waals surface area contributed by atoms with Gasteiger partial charge in [0.2, 0.25) is 0 Å². The van der Waals surface area contributed by atoms with Gasteiger partial charge in [0.05, 0.1) is 5.69 Å². The molecule has 0 bridgehead atoms. The van der Waals surface area contributed by atoms with Gasteiger partial charge in [-0.2, -0.15) is 0 Å². The van der Waals surface area contributed by atoms with Crippen LogP contribution in [-0.2, 0) is 14.3 Å². The molecule has 0 saturated heterocycles. The van der Waals surface area contributed by atoms with Gasteiger partial charge in [0, 0.05) is 24.2 Å². The molecular weight excluding hydrogens is 312 g/mol. The lowest BCUT2D eigenvalue weighted by atomic mass is 10.3. The summed E-state index contributed by atoms with van der Waals surface area (Å²) in [6, 6.07) is 7.11. The monoisotopic (exact) mass is 328 g/mol. The Morgan fingerprint density at radius 1 is 1.26 bits per heavy atom. The molecule has 0 unspecified atom stereocenters. The summed E-state index contributed by atoms with van der Waals surface area (Å²) < 4.78 is 5.86. The predicted octanol–water partition coefficient (Wildman–Crippen LogP) is 1.93. The maximum Gasteiger partial charge on any atom is 0.313 e. The number of carbonyl (C=O) groups excluding carboxylic acids is 2. The summed E-state index contributed by atoms with van der Waals surface area (Å²) in [5.74, 6) is -1.32. The van der Waals surface area contributed by atoms with Crippen LogP contribution in [0.5, 0.6) is 0 Å². The maximum absolute atomic E-state index is 11.6. The number of halogens is 1. The van der Waals surface area contributed by atoms with Gasteiger partial charge in [0.1, 0.15) is 0 Å². The number of hydrogen-bond acceptors (Lipinski definition) is 3. The highest BCUT2D eigenvalue weighted by Crippen LogP contribution is 2.20. The molecule has 0 aromatic heterocycles. The fourth-order valence-electron chi connectivity index (χ4n) is 1.34. The third kappa shape index (κ3) is 5.85. The first-order valence-corrected chi connectivity index (χ1v) is 6.86. The fourth-order valence-corrected chi connectivity index (χ4v) is 1.73. The second-order valence-electron chi connectivity index (χ2n) is 3.74. The summed E-state index contributed by atoms with van der Waals surface area (Å²) in [7, 11) is 0. The quantitative estimate of drug-likeness (QED) is 0.619. The molecule has 2 N–H and O–H groups in total. The van der Waals surface area contributed by atoms with E-state index in [0.29, 0.717) is 31.9 Å². The van der Waals surface area contributed by atoms with E-state index in [1.54, 1.807) is 18.2 Å². The lowest BCUT2D eigenvalue weighted by Crippen LogP contribution is -2.36. The molecule has 2 amide bonds. The van der Waals surface area contributed by atoms with Crippen molar-refractivity contribution in [3.8, 4) is 0 Å². The van der Waals surface area contributed by atoms with Crippen LogP contribution in [0.25, 0.3) is 0 Å². The van der Waals surface area contributed by atoms with Crippen LogP contribution in [0, 0.1) is 0 Å². The van der Waals surface area contributed by atoms with Crippen molar-refractivity contribution in [2.45, 2.75) is 13.3 Å². The van der Waals surface area contributed by atoms with Gasteiger partial charge in [-0.05, 0) is 41.4 Å². The second kappa shape index (κ2) is 8.66. The first-order valence-electron chi connectivity index (χ1n) is 6.06. The molecule has 104 valence electrons. The Balaban J connectivity index is 2.33. The summed E-state index contributed by atoms with van der Waals surface area (Å²) >= 11 is 3.29. The molecule has 1 rings (SSSR count). The molecule has 19 heavy (non-hydrogen) atoms. The fraction of sp³-hybridized carbons (Fsp3) is 0.385. The van der Waals surface area contributed by atoms with Crippen LogP contribution in [0.1, 0.15) is 13.3 Å². The number of benzene rings is 1. The molecule has 1 aromatic rings. The minimum Gasteiger partial charge on any atom is -0.382 e. The van der Waals surface area contributed by atoms with E-state index in [2.05, 4.69) is 26.6 Å². The molecule has 0 aliphatic heterocycles. The van der Waals surface area contributed by atoms with Crippen molar-refractivity contribution in [2.24, 2.45) is 0 Å². The summed E-state index contributed by atoms with van der Waals surface area (Å²) in [6.45, 7) is 3.55. The van der Waals surface area contributed by atoms with E-state index in [1.165, 1.54) is 0 Å². The lowest BCUT2D eigenvalue weighted by Gasteiger charge is -2.07. The summed E-state index contributed by atoms with van der Waals surface area (Å²) in [5.41, 5.74) is 0.567. The van der Waals surface area contributed by atoms with E-state index in [1.807, 2.05) is 13.0 Å². The van der Waals surface area contributed by atoms with Crippen molar-refractivity contribution >= 4 is 33.4 Å². The van der Waals surface area contributed by atoms with Gasteiger partial charge in [-0.15, -0.1) is 0 Å². The zero-order valence-electron chi connectivity index (χ0n) is 10.7. The molecule has 5 nitrogen and oxygen atoms in total. The van der Waals surface area contributed by atoms with E-state index in [0.717, 1.165) is 4.47 Å². The molecule has 0 aliphatic carbocycles. The van der Waals surface area contributed by atoms with Crippen LogP contribution < -0.4 is 10.6 Å². The lowest BCUT2D eigenvalue weighted by molar-refractivity contribution is -0.136. The van der Waals surface area contributed by atoms with E-state index in [4.69, 9.17) is 4.74 Å². The minimum atomic E-state index is -0.677. The van der Waals surface area contributed by atoms with Crippen molar-refractivity contribution in [1.29, 1.82) is 0 Å². The van der Waals surface area contributed by atoms with Gasteiger partial charge < -0.3 is 15.4 Å². The van der Waals surface area contributed by atoms with Gasteiger partial charge >= 0.3 is 11.8 Å². The molecule has 0 heterocycles. The Bertz CT molecular complexity index is 438. The number of anilines is 1. The van der Waals surface area contributed by atoms with Crippen LogP contribution in [0.3, 0.4) is 0 Å². The Kier molecular flexibility index (Phi) is 7.14. The Hall–Kier alpha value is -1.40. The highest BCUT2D eigenvalue weighted by molar-refractivity contribution is 9.10. The van der Waals surface area contributed by atoms with Crippen LogP contribution in [-0.4, -0.2) is 31.6 Å². The molecule has 1 aromatic carbocycles. The number of amides is 2. The first-order chi connectivity index (χ1) is 9.15. The smallest absolute Gasteiger partial charge is 0.313 e. The predicted molar refractivity (Wildman–Crippen MR) is 76.9 cm³/mol. The topological polar surface area (TPSA) is 67.4 Å². The molecular formula is C13H17BrN2O3. The Morgan fingerprint density at radius 2 is 2.00 bits per heavy atom. The minimum absolute atomic E-state index is 0.419. The SMILES string of the molecule is CCOCCCNC(=O)C(=O)Nc1ccccc1Br. The van der Waals surface area contributed by atoms with Crippen molar-refractivity contribution < 1.29 is 14.3 Å². The van der Waals surface area contributed by atoms with Gasteiger partial charge in [-0.3, -0.25) is 9.59 Å². The van der Waals surface area contributed by atoms with Crippen molar-refractivity contribution in [1.82, 2.24) is 5.32 Å². The zero-order valence-corrected chi connectivity index (χ0v) is 12.3. The van der Waals surface area contributed by atoms with Crippen LogP contribution in [0.4, 0.5) is 5.69 Å². The number of carbonyl (C=O) groups is 2. The van der Waals surface area contributed by atoms with Crippen molar-refractivity contribution in [3.63, 3.8) is 0 Å². The molecule has 0 saturated carbocycles. The van der Waals surface area contributed by atoms with Gasteiger partial charge in [-0.1, -0.05) is 12.1 Å². The number of rotatable bonds is 6. The average molecular weight is 329 g/mol. The number of para-hydroxylation sites is 1. The standard InChI is InChI=1S/C13H17BrN2O3/c1-2-19-9-5-8-15-12(17)13(18)16-11-7-4-3-6-10(11)14/h3-4,6-7H,2,5,8-9H2,1H3,(H,15,17)(H,16,18). The van der Waals surface area contributed by atoms with Crippen LogP contribution in [0.15, 0.2) is 28.7 Å². The molecule has 0 aliphatic rings. The largest absolute Gasteiger partial charge is 0.382 e.